The predicted molar refractivity (Wildman–Crippen MR) is 134 cm³/mol. The van der Waals surface area contributed by atoms with Crippen LogP contribution in [-0.4, -0.2) is 66.6 Å². The smallest absolute Gasteiger partial charge is 0.387 e. The minimum atomic E-state index is -2.99. The van der Waals surface area contributed by atoms with E-state index in [1.54, 1.807) is 24.0 Å². The lowest BCUT2D eigenvalue weighted by molar-refractivity contribution is -0.130. The van der Waals surface area contributed by atoms with Crippen molar-refractivity contribution in [1.29, 1.82) is 0 Å². The fourth-order valence-corrected chi connectivity index (χ4v) is 4.20. The molecule has 2 aromatic rings. The molecule has 0 unspecified atom stereocenters. The van der Waals surface area contributed by atoms with Crippen LogP contribution in [0.4, 0.5) is 8.78 Å². The quantitative estimate of drug-likeness (QED) is 0.435. The monoisotopic (exact) mass is 533 g/mol. The number of hydrogen-bond donors (Lipinski definition) is 1. The third-order valence-corrected chi connectivity index (χ3v) is 6.03. The number of aromatic nitrogens is 1. The van der Waals surface area contributed by atoms with Gasteiger partial charge in [-0.25, -0.2) is 9.78 Å². The summed E-state index contributed by atoms with van der Waals surface area (Å²) in [7, 11) is 0. The van der Waals surface area contributed by atoms with E-state index in [9.17, 15) is 23.2 Å². The molecule has 0 radical (unpaired) electrons. The first-order valence-electron chi connectivity index (χ1n) is 12.5. The van der Waals surface area contributed by atoms with E-state index in [0.29, 0.717) is 31.7 Å². The molecule has 0 saturated carbocycles. The maximum absolute atomic E-state index is 12.9. The number of ether oxygens (including phenoxy) is 3. The Balaban J connectivity index is 1.69. The van der Waals surface area contributed by atoms with Crippen molar-refractivity contribution in [3.05, 3.63) is 53.3 Å². The first-order valence-corrected chi connectivity index (χ1v) is 12.5. The van der Waals surface area contributed by atoms with Crippen molar-refractivity contribution in [3.8, 4) is 11.5 Å². The molecule has 2 amide bonds. The van der Waals surface area contributed by atoms with Gasteiger partial charge in [0.25, 0.3) is 5.91 Å². The van der Waals surface area contributed by atoms with Crippen LogP contribution < -0.4 is 14.8 Å². The molecule has 3 rings (SSSR count). The fraction of sp³-hybridized carbons (Fsp3) is 0.481. The number of halogens is 2. The number of carbonyl (C=O) groups is 3. The van der Waals surface area contributed by atoms with E-state index < -0.39 is 12.6 Å². The molecule has 1 saturated heterocycles. The van der Waals surface area contributed by atoms with Crippen molar-refractivity contribution in [2.45, 2.75) is 52.7 Å². The second-order valence-corrected chi connectivity index (χ2v) is 9.44. The summed E-state index contributed by atoms with van der Waals surface area (Å²) in [5.41, 5.74) is 1.17. The molecule has 0 aliphatic carbocycles. The minimum Gasteiger partial charge on any atom is -0.489 e. The predicted octanol–water partition coefficient (Wildman–Crippen LogP) is 4.03. The molecule has 1 N–H and O–H groups in total. The molecule has 38 heavy (non-hydrogen) atoms. The maximum atomic E-state index is 12.9. The lowest BCUT2D eigenvalue weighted by Crippen LogP contribution is -2.37. The average Bonchev–Trinajstić information content (AvgIpc) is 3.31. The number of rotatable bonds is 11. The molecule has 2 atom stereocenters. The first-order chi connectivity index (χ1) is 18.1. The van der Waals surface area contributed by atoms with E-state index >= 15 is 0 Å². The number of carbonyl (C=O) groups excluding carboxylic acids is 3. The lowest BCUT2D eigenvalue weighted by atomic mass is 9.96. The van der Waals surface area contributed by atoms with Crippen molar-refractivity contribution in [3.63, 3.8) is 0 Å². The Hall–Kier alpha value is -3.76. The first kappa shape index (κ1) is 28.8. The van der Waals surface area contributed by atoms with Crippen LogP contribution in [0.25, 0.3) is 0 Å². The van der Waals surface area contributed by atoms with Crippen molar-refractivity contribution in [2.24, 2.45) is 5.92 Å². The van der Waals surface area contributed by atoms with Crippen LogP contribution in [0.1, 0.15) is 66.4 Å². The molecule has 206 valence electrons. The van der Waals surface area contributed by atoms with Gasteiger partial charge in [-0.05, 0) is 49.1 Å². The molecule has 1 aliphatic heterocycles. The van der Waals surface area contributed by atoms with Gasteiger partial charge >= 0.3 is 12.6 Å². The molecule has 1 aromatic heterocycles. The highest BCUT2D eigenvalue weighted by molar-refractivity contribution is 5.95. The Bertz CT molecular complexity index is 1130. The highest BCUT2D eigenvalue weighted by atomic mass is 19.3. The van der Waals surface area contributed by atoms with E-state index in [2.05, 4.69) is 15.0 Å². The van der Waals surface area contributed by atoms with Gasteiger partial charge in [-0.2, -0.15) is 8.78 Å². The summed E-state index contributed by atoms with van der Waals surface area (Å²) in [4.78, 5) is 42.4. The van der Waals surface area contributed by atoms with Crippen LogP contribution in [0.5, 0.6) is 11.5 Å². The number of hydrogen-bond acceptors (Lipinski definition) is 7. The summed E-state index contributed by atoms with van der Waals surface area (Å²) in [6, 6.07) is 7.30. The minimum absolute atomic E-state index is 0.0437. The zero-order valence-corrected chi connectivity index (χ0v) is 21.9. The number of esters is 1. The van der Waals surface area contributed by atoms with Gasteiger partial charge in [0.05, 0.1) is 18.2 Å². The van der Waals surface area contributed by atoms with Crippen molar-refractivity contribution < 1.29 is 37.4 Å². The third kappa shape index (κ3) is 7.62. The number of pyridine rings is 1. The standard InChI is InChI=1S/C27H33F2N3O6/c1-5-30-25(34)19-6-8-22(31-12-19)26(35)37-15-21-10-20(13-32(21)17(4)33)18-7-9-23(38-27(28)29)24(11-18)36-14-16(2)3/h6-9,11-12,16,20-21,27H,5,10,13-15H2,1-4H3,(H,30,34)/t20-,21-/m1/s1. The molecular formula is C27H33F2N3O6. The summed E-state index contributed by atoms with van der Waals surface area (Å²) < 4.78 is 41.5. The number of benzene rings is 1. The van der Waals surface area contributed by atoms with Crippen LogP contribution in [0.15, 0.2) is 36.5 Å². The van der Waals surface area contributed by atoms with E-state index in [1.165, 1.54) is 31.3 Å². The van der Waals surface area contributed by atoms with Crippen LogP contribution in [0.2, 0.25) is 0 Å². The Morgan fingerprint density at radius 3 is 2.53 bits per heavy atom. The molecule has 1 aromatic carbocycles. The van der Waals surface area contributed by atoms with Gasteiger partial charge in [-0.3, -0.25) is 9.59 Å². The van der Waals surface area contributed by atoms with Gasteiger partial charge in [0.1, 0.15) is 12.3 Å². The van der Waals surface area contributed by atoms with Gasteiger partial charge in [0.2, 0.25) is 5.91 Å². The Morgan fingerprint density at radius 1 is 1.16 bits per heavy atom. The Morgan fingerprint density at radius 2 is 1.92 bits per heavy atom. The van der Waals surface area contributed by atoms with Gasteiger partial charge in [-0.15, -0.1) is 0 Å². The van der Waals surface area contributed by atoms with Crippen molar-refractivity contribution in [1.82, 2.24) is 15.2 Å². The van der Waals surface area contributed by atoms with Crippen LogP contribution in [-0.2, 0) is 9.53 Å². The topological polar surface area (TPSA) is 107 Å². The molecule has 0 bridgehead atoms. The number of alkyl halides is 2. The van der Waals surface area contributed by atoms with Crippen molar-refractivity contribution in [2.75, 3.05) is 26.3 Å². The van der Waals surface area contributed by atoms with Gasteiger partial charge < -0.3 is 24.4 Å². The summed E-state index contributed by atoms with van der Waals surface area (Å²) >= 11 is 0. The molecule has 11 heteroatoms. The summed E-state index contributed by atoms with van der Waals surface area (Å²) in [5.74, 6) is -0.926. The summed E-state index contributed by atoms with van der Waals surface area (Å²) in [6.07, 6.45) is 1.80. The van der Waals surface area contributed by atoms with Gasteiger partial charge in [-0.1, -0.05) is 19.9 Å². The molecule has 2 heterocycles. The van der Waals surface area contributed by atoms with E-state index in [0.717, 1.165) is 5.56 Å². The maximum Gasteiger partial charge on any atom is 0.387 e. The highest BCUT2D eigenvalue weighted by Gasteiger charge is 2.36. The van der Waals surface area contributed by atoms with Crippen LogP contribution in [0.3, 0.4) is 0 Å². The van der Waals surface area contributed by atoms with E-state index in [4.69, 9.17) is 9.47 Å². The molecule has 9 nitrogen and oxygen atoms in total. The second-order valence-electron chi connectivity index (χ2n) is 9.44. The number of likely N-dealkylation sites (tertiary alicyclic amines) is 1. The molecule has 1 fully saturated rings. The Kier molecular flexibility index (Phi) is 9.98. The highest BCUT2D eigenvalue weighted by Crippen LogP contribution is 2.37. The fourth-order valence-electron chi connectivity index (χ4n) is 4.20. The number of nitrogens with zero attached hydrogens (tertiary/aromatic N) is 2. The zero-order chi connectivity index (χ0) is 27.8. The average molecular weight is 534 g/mol. The van der Waals surface area contributed by atoms with Crippen LogP contribution >= 0.6 is 0 Å². The van der Waals surface area contributed by atoms with E-state index in [1.807, 2.05) is 13.8 Å². The largest absolute Gasteiger partial charge is 0.489 e. The summed E-state index contributed by atoms with van der Waals surface area (Å²) in [5, 5.41) is 2.65. The Labute approximate surface area is 220 Å². The normalized spacial score (nSPS) is 17.0. The van der Waals surface area contributed by atoms with Crippen LogP contribution in [0, 0.1) is 5.92 Å². The number of nitrogens with one attached hydrogen (secondary N) is 1. The molecular weight excluding hydrogens is 500 g/mol. The second kappa shape index (κ2) is 13.2. The molecule has 1 aliphatic rings. The van der Waals surface area contributed by atoms with Crippen molar-refractivity contribution >= 4 is 17.8 Å². The SMILES string of the molecule is CCNC(=O)c1ccc(C(=O)OC[C@H]2C[C@@H](c3ccc(OC(F)F)c(OCC(C)C)c3)CN2C(C)=O)nc1. The van der Waals surface area contributed by atoms with Gasteiger partial charge in [0, 0.05) is 32.1 Å². The summed E-state index contributed by atoms with van der Waals surface area (Å²) in [6.45, 7) is 5.26. The van der Waals surface area contributed by atoms with Gasteiger partial charge in [0.15, 0.2) is 11.5 Å². The van der Waals surface area contributed by atoms with E-state index in [-0.39, 0.29) is 53.5 Å². The molecule has 0 spiro atoms. The lowest BCUT2D eigenvalue weighted by Gasteiger charge is -2.22. The zero-order valence-electron chi connectivity index (χ0n) is 21.9. The number of amides is 2. The third-order valence-electron chi connectivity index (χ3n) is 6.03.